The lowest BCUT2D eigenvalue weighted by Crippen LogP contribution is -2.10. The SMILES string of the molecule is C#CCOCCOCCn1ccc(C)n1. The molecule has 1 aromatic rings. The van der Waals surface area contributed by atoms with Gasteiger partial charge in [-0.05, 0) is 13.0 Å². The van der Waals surface area contributed by atoms with Gasteiger partial charge in [-0.1, -0.05) is 5.92 Å². The monoisotopic (exact) mass is 208 g/mol. The molecule has 0 saturated carbocycles. The highest BCUT2D eigenvalue weighted by atomic mass is 16.5. The number of aromatic nitrogens is 2. The average molecular weight is 208 g/mol. The lowest BCUT2D eigenvalue weighted by atomic mass is 10.5. The number of terminal acetylenes is 1. The van der Waals surface area contributed by atoms with Crippen LogP contribution < -0.4 is 0 Å². The van der Waals surface area contributed by atoms with E-state index in [9.17, 15) is 0 Å². The van der Waals surface area contributed by atoms with Crippen molar-refractivity contribution in [3.8, 4) is 12.3 Å². The van der Waals surface area contributed by atoms with Crippen molar-refractivity contribution >= 4 is 0 Å². The molecule has 0 bridgehead atoms. The van der Waals surface area contributed by atoms with Gasteiger partial charge >= 0.3 is 0 Å². The van der Waals surface area contributed by atoms with E-state index in [0.717, 1.165) is 12.2 Å². The molecular weight excluding hydrogens is 192 g/mol. The van der Waals surface area contributed by atoms with Crippen LogP contribution in [-0.4, -0.2) is 36.2 Å². The fraction of sp³-hybridized carbons (Fsp3) is 0.545. The molecule has 15 heavy (non-hydrogen) atoms. The van der Waals surface area contributed by atoms with Gasteiger partial charge in [0.15, 0.2) is 0 Å². The Hall–Kier alpha value is -1.31. The summed E-state index contributed by atoms with van der Waals surface area (Å²) in [6.07, 6.45) is 6.96. The van der Waals surface area contributed by atoms with E-state index in [1.165, 1.54) is 0 Å². The molecule has 82 valence electrons. The van der Waals surface area contributed by atoms with Crippen LogP contribution in [0.25, 0.3) is 0 Å². The van der Waals surface area contributed by atoms with Crippen molar-refractivity contribution in [1.29, 1.82) is 0 Å². The maximum absolute atomic E-state index is 5.34. The zero-order valence-electron chi connectivity index (χ0n) is 8.98. The Labute approximate surface area is 90.2 Å². The maximum Gasteiger partial charge on any atom is 0.107 e. The van der Waals surface area contributed by atoms with Crippen LogP contribution in [0.1, 0.15) is 5.69 Å². The van der Waals surface area contributed by atoms with Gasteiger partial charge in [0.25, 0.3) is 0 Å². The van der Waals surface area contributed by atoms with Crippen molar-refractivity contribution < 1.29 is 9.47 Å². The van der Waals surface area contributed by atoms with Crippen molar-refractivity contribution in [2.45, 2.75) is 13.5 Å². The Kier molecular flexibility index (Phi) is 5.52. The maximum atomic E-state index is 5.34. The minimum atomic E-state index is 0.349. The van der Waals surface area contributed by atoms with Crippen molar-refractivity contribution in [3.05, 3.63) is 18.0 Å². The molecule has 4 nitrogen and oxygen atoms in total. The van der Waals surface area contributed by atoms with Gasteiger partial charge in [-0.15, -0.1) is 6.42 Å². The Balaban J connectivity index is 1.96. The minimum Gasteiger partial charge on any atom is -0.377 e. The van der Waals surface area contributed by atoms with Gasteiger partial charge in [-0.2, -0.15) is 5.10 Å². The largest absolute Gasteiger partial charge is 0.377 e. The van der Waals surface area contributed by atoms with Crippen LogP contribution in [0.4, 0.5) is 0 Å². The Morgan fingerprint density at radius 3 is 2.87 bits per heavy atom. The van der Waals surface area contributed by atoms with Gasteiger partial charge in [0, 0.05) is 6.20 Å². The molecule has 0 aliphatic heterocycles. The third-order valence-electron chi connectivity index (χ3n) is 1.80. The number of ether oxygens (including phenoxy) is 2. The van der Waals surface area contributed by atoms with Crippen LogP contribution in [0.5, 0.6) is 0 Å². The predicted octanol–water partition coefficient (Wildman–Crippen LogP) is 0.858. The third-order valence-corrected chi connectivity index (χ3v) is 1.80. The summed E-state index contributed by atoms with van der Waals surface area (Å²) < 4.78 is 12.3. The molecule has 1 heterocycles. The number of rotatable bonds is 7. The normalized spacial score (nSPS) is 10.1. The highest BCUT2D eigenvalue weighted by molar-refractivity contribution is 4.94. The van der Waals surface area contributed by atoms with Gasteiger partial charge in [-0.25, -0.2) is 0 Å². The zero-order valence-corrected chi connectivity index (χ0v) is 8.98. The van der Waals surface area contributed by atoms with E-state index >= 15 is 0 Å². The summed E-state index contributed by atoms with van der Waals surface area (Å²) in [4.78, 5) is 0. The van der Waals surface area contributed by atoms with Crippen LogP contribution in [0.3, 0.4) is 0 Å². The van der Waals surface area contributed by atoms with Crippen LogP contribution in [0.15, 0.2) is 12.3 Å². The molecule has 4 heteroatoms. The van der Waals surface area contributed by atoms with Gasteiger partial charge in [0.1, 0.15) is 6.61 Å². The molecule has 0 amide bonds. The third kappa shape index (κ3) is 5.21. The molecule has 0 aliphatic rings. The van der Waals surface area contributed by atoms with Gasteiger partial charge in [-0.3, -0.25) is 4.68 Å². The highest BCUT2D eigenvalue weighted by Crippen LogP contribution is 1.92. The number of aryl methyl sites for hydroxylation is 1. The van der Waals surface area contributed by atoms with Crippen LogP contribution >= 0.6 is 0 Å². The van der Waals surface area contributed by atoms with Gasteiger partial charge in [0.05, 0.1) is 32.1 Å². The van der Waals surface area contributed by atoms with E-state index in [1.54, 1.807) is 0 Å². The van der Waals surface area contributed by atoms with Crippen molar-refractivity contribution in [1.82, 2.24) is 9.78 Å². The fourth-order valence-electron chi connectivity index (χ4n) is 1.10. The highest BCUT2D eigenvalue weighted by Gasteiger charge is 1.93. The number of hydrogen-bond donors (Lipinski definition) is 0. The molecular formula is C11H16N2O2. The first-order valence-electron chi connectivity index (χ1n) is 4.92. The predicted molar refractivity (Wildman–Crippen MR) is 57.4 cm³/mol. The first-order valence-corrected chi connectivity index (χ1v) is 4.92. The molecule has 0 saturated heterocycles. The molecule has 0 aromatic carbocycles. The molecule has 0 radical (unpaired) electrons. The minimum absolute atomic E-state index is 0.349. The van der Waals surface area contributed by atoms with E-state index < -0.39 is 0 Å². The lowest BCUT2D eigenvalue weighted by molar-refractivity contribution is 0.0556. The topological polar surface area (TPSA) is 36.3 Å². The quantitative estimate of drug-likeness (QED) is 0.492. The molecule has 0 unspecified atom stereocenters. The second-order valence-corrected chi connectivity index (χ2v) is 3.09. The van der Waals surface area contributed by atoms with E-state index in [-0.39, 0.29) is 0 Å². The first kappa shape index (κ1) is 11.8. The summed E-state index contributed by atoms with van der Waals surface area (Å²) in [6.45, 7) is 4.83. The van der Waals surface area contributed by atoms with Crippen molar-refractivity contribution in [2.75, 3.05) is 26.4 Å². The van der Waals surface area contributed by atoms with Crippen molar-refractivity contribution in [2.24, 2.45) is 0 Å². The Morgan fingerprint density at radius 2 is 2.20 bits per heavy atom. The number of nitrogens with zero attached hydrogens (tertiary/aromatic N) is 2. The Bertz CT molecular complexity index is 315. The smallest absolute Gasteiger partial charge is 0.107 e. The molecule has 1 aromatic heterocycles. The lowest BCUT2D eigenvalue weighted by Gasteiger charge is -2.04. The van der Waals surface area contributed by atoms with E-state index in [0.29, 0.717) is 26.4 Å². The summed E-state index contributed by atoms with van der Waals surface area (Å²) in [7, 11) is 0. The summed E-state index contributed by atoms with van der Waals surface area (Å²) >= 11 is 0. The molecule has 0 atom stereocenters. The zero-order chi connectivity index (χ0) is 10.9. The Morgan fingerprint density at radius 1 is 1.40 bits per heavy atom. The van der Waals surface area contributed by atoms with Gasteiger partial charge < -0.3 is 9.47 Å². The molecule has 0 spiro atoms. The van der Waals surface area contributed by atoms with Crippen LogP contribution in [0, 0.1) is 19.3 Å². The van der Waals surface area contributed by atoms with Crippen LogP contribution in [-0.2, 0) is 16.0 Å². The molecule has 0 fully saturated rings. The standard InChI is InChI=1S/C11H16N2O2/c1-3-7-14-9-10-15-8-6-13-5-4-11(2)12-13/h1,4-5H,6-10H2,2H3. The fourth-order valence-corrected chi connectivity index (χ4v) is 1.10. The van der Waals surface area contributed by atoms with Gasteiger partial charge in [0.2, 0.25) is 0 Å². The molecule has 0 aliphatic carbocycles. The van der Waals surface area contributed by atoms with E-state index in [2.05, 4.69) is 11.0 Å². The number of hydrogen-bond acceptors (Lipinski definition) is 3. The molecule has 0 N–H and O–H groups in total. The summed E-state index contributed by atoms with van der Waals surface area (Å²) in [5.41, 5.74) is 1.02. The summed E-state index contributed by atoms with van der Waals surface area (Å²) in [5.74, 6) is 2.40. The van der Waals surface area contributed by atoms with Crippen LogP contribution in [0.2, 0.25) is 0 Å². The second kappa shape index (κ2) is 7.04. The van der Waals surface area contributed by atoms with E-state index in [1.807, 2.05) is 23.9 Å². The molecule has 1 rings (SSSR count). The van der Waals surface area contributed by atoms with Crippen molar-refractivity contribution in [3.63, 3.8) is 0 Å². The average Bonchev–Trinajstić information content (AvgIpc) is 2.63. The van der Waals surface area contributed by atoms with E-state index in [4.69, 9.17) is 15.9 Å². The second-order valence-electron chi connectivity index (χ2n) is 3.09. The first-order chi connectivity index (χ1) is 7.33. The summed E-state index contributed by atoms with van der Waals surface area (Å²) in [5, 5.41) is 4.24. The summed E-state index contributed by atoms with van der Waals surface area (Å²) in [6, 6.07) is 1.97.